The third-order valence-corrected chi connectivity index (χ3v) is 5.60. The Hall–Kier alpha value is -2.92. The molecule has 2 aliphatic rings. The second-order valence-corrected chi connectivity index (χ2v) is 7.88. The van der Waals surface area contributed by atoms with Crippen LogP contribution in [0.25, 0.3) is 11.2 Å². The minimum absolute atomic E-state index is 0.0844. The number of aliphatic hydroxyl groups excluding tert-OH is 1. The van der Waals surface area contributed by atoms with Gasteiger partial charge in [-0.05, 0) is 32.1 Å². The highest BCUT2D eigenvalue weighted by molar-refractivity contribution is 5.76. The number of hydrogen-bond acceptors (Lipinski definition) is 7. The van der Waals surface area contributed by atoms with Crippen molar-refractivity contribution in [1.29, 1.82) is 0 Å². The van der Waals surface area contributed by atoms with Crippen molar-refractivity contribution in [3.8, 4) is 0 Å². The Bertz CT molecular complexity index is 1200. The van der Waals surface area contributed by atoms with Gasteiger partial charge in [0.25, 0.3) is 0 Å². The second kappa shape index (κ2) is 8.55. The van der Waals surface area contributed by atoms with Gasteiger partial charge in [-0.2, -0.15) is 4.98 Å². The van der Waals surface area contributed by atoms with Crippen LogP contribution in [0.15, 0.2) is 18.3 Å². The van der Waals surface area contributed by atoms with Crippen molar-refractivity contribution in [2.75, 3.05) is 23.8 Å². The molecule has 1 aromatic carbocycles. The first-order valence-electron chi connectivity index (χ1n) is 11.4. The largest absolute Gasteiger partial charge is 0.393 e. The van der Waals surface area contributed by atoms with Gasteiger partial charge < -0.3 is 20.5 Å². The van der Waals surface area contributed by atoms with Crippen LogP contribution in [0.2, 0.25) is 0 Å². The monoisotopic (exact) mass is 450 g/mol. The molecule has 8 nitrogen and oxygen atoms in total. The van der Waals surface area contributed by atoms with Crippen molar-refractivity contribution in [1.82, 2.24) is 19.5 Å². The van der Waals surface area contributed by atoms with Crippen LogP contribution >= 0.6 is 0 Å². The van der Waals surface area contributed by atoms with E-state index in [-0.39, 0.29) is 30.8 Å². The van der Waals surface area contributed by atoms with E-state index in [0.29, 0.717) is 49.4 Å². The summed E-state index contributed by atoms with van der Waals surface area (Å²) in [5.74, 6) is -3.07. The summed E-state index contributed by atoms with van der Waals surface area (Å²) in [6, 6.07) is -0.466. The van der Waals surface area contributed by atoms with E-state index < -0.39 is 41.7 Å². The lowest BCUT2D eigenvalue weighted by Crippen LogP contribution is -2.29. The van der Waals surface area contributed by atoms with E-state index in [9.17, 15) is 18.3 Å². The van der Waals surface area contributed by atoms with Crippen molar-refractivity contribution in [3.05, 3.63) is 35.8 Å². The predicted octanol–water partition coefficient (Wildman–Crippen LogP) is 3.66. The zero-order valence-corrected chi connectivity index (χ0v) is 17.0. The summed E-state index contributed by atoms with van der Waals surface area (Å²) < 4.78 is 65.9. The second-order valence-electron chi connectivity index (χ2n) is 7.88. The standard InChI is InChI=1S/C21H23F3N6O2/c22-11-7-15(23)18(16(24)8-11)28-21-27-17-9-25-20(26-12-1-3-14(31)4-2-12)29-19(17)30(21)13-5-6-32-10-13/h7-9,12-14,31H,1-6,10H2,(H,27,28)(H,25,26,29)/i1D,12D. The van der Waals surface area contributed by atoms with Crippen molar-refractivity contribution in [2.45, 2.75) is 50.2 Å². The van der Waals surface area contributed by atoms with Gasteiger partial charge in [0.1, 0.15) is 17.0 Å². The smallest absolute Gasteiger partial charge is 0.224 e. The number of aromatic nitrogens is 4. The molecule has 1 saturated carbocycles. The highest BCUT2D eigenvalue weighted by Crippen LogP contribution is 2.32. The number of ether oxygens (including phenoxy) is 1. The third-order valence-electron chi connectivity index (χ3n) is 5.60. The maximum absolute atomic E-state index is 14.3. The predicted molar refractivity (Wildman–Crippen MR) is 111 cm³/mol. The van der Waals surface area contributed by atoms with E-state index in [1.54, 1.807) is 4.57 Å². The Labute approximate surface area is 184 Å². The molecule has 32 heavy (non-hydrogen) atoms. The Kier molecular flexibility index (Phi) is 4.98. The lowest BCUT2D eigenvalue weighted by molar-refractivity contribution is 0.126. The fourth-order valence-electron chi connectivity index (χ4n) is 3.96. The average molecular weight is 450 g/mol. The van der Waals surface area contributed by atoms with Crippen LogP contribution in [0.1, 0.15) is 40.9 Å². The lowest BCUT2D eigenvalue weighted by Gasteiger charge is -2.26. The highest BCUT2D eigenvalue weighted by Gasteiger charge is 2.27. The Balaban J connectivity index is 1.53. The SMILES string of the molecule is [2H]C1CC(O)CCC1([2H])Nc1ncc2nc(Nc3c(F)cc(F)cc3F)n(C3CCOC3)c2n1. The molecule has 1 aliphatic carbocycles. The molecule has 11 heteroatoms. The average Bonchev–Trinajstić information content (AvgIpc) is 3.41. The van der Waals surface area contributed by atoms with Crippen molar-refractivity contribution in [3.63, 3.8) is 0 Å². The number of nitrogens with one attached hydrogen (secondary N) is 2. The maximum atomic E-state index is 14.3. The molecule has 2 fully saturated rings. The number of halogens is 3. The van der Waals surface area contributed by atoms with Crippen LogP contribution in [0.4, 0.5) is 30.8 Å². The van der Waals surface area contributed by atoms with Crippen LogP contribution in [0, 0.1) is 17.5 Å². The molecule has 3 heterocycles. The van der Waals surface area contributed by atoms with Crippen LogP contribution in [0.5, 0.6) is 0 Å². The number of imidazole rings is 1. The zero-order valence-electron chi connectivity index (χ0n) is 19.0. The molecule has 1 aliphatic heterocycles. The molecule has 4 unspecified atom stereocenters. The van der Waals surface area contributed by atoms with Gasteiger partial charge in [-0.15, -0.1) is 0 Å². The van der Waals surface area contributed by atoms with Gasteiger partial charge in [0.15, 0.2) is 17.3 Å². The van der Waals surface area contributed by atoms with Gasteiger partial charge in [-0.1, -0.05) is 0 Å². The number of nitrogens with zero attached hydrogens (tertiary/aromatic N) is 4. The number of fused-ring (bicyclic) bond motifs is 1. The van der Waals surface area contributed by atoms with Gasteiger partial charge in [-0.3, -0.25) is 4.57 Å². The molecule has 3 N–H and O–H groups in total. The molecule has 4 atom stereocenters. The van der Waals surface area contributed by atoms with Crippen LogP contribution in [0.3, 0.4) is 0 Å². The summed E-state index contributed by atoms with van der Waals surface area (Å²) in [6.45, 7) is 0.814. The number of anilines is 3. The number of benzene rings is 1. The molecule has 170 valence electrons. The molecule has 2 aromatic heterocycles. The fraction of sp³-hybridized carbons (Fsp3) is 0.476. The maximum Gasteiger partial charge on any atom is 0.224 e. The Morgan fingerprint density at radius 2 is 1.97 bits per heavy atom. The van der Waals surface area contributed by atoms with Crippen LogP contribution < -0.4 is 10.6 Å². The molecule has 1 saturated heterocycles. The topological polar surface area (TPSA) is 97.1 Å². The quantitative estimate of drug-likeness (QED) is 0.546. The van der Waals surface area contributed by atoms with Crippen LogP contribution in [-0.2, 0) is 4.74 Å². The van der Waals surface area contributed by atoms with Gasteiger partial charge >= 0.3 is 0 Å². The van der Waals surface area contributed by atoms with E-state index >= 15 is 0 Å². The summed E-state index contributed by atoms with van der Waals surface area (Å²) in [7, 11) is 0. The van der Waals surface area contributed by atoms with Crippen molar-refractivity contribution < 1.29 is 25.8 Å². The molecule has 0 bridgehead atoms. The zero-order chi connectivity index (χ0) is 24.0. The van der Waals surface area contributed by atoms with Gasteiger partial charge in [0.2, 0.25) is 11.9 Å². The highest BCUT2D eigenvalue weighted by atomic mass is 19.1. The first-order chi connectivity index (χ1) is 16.2. The molecule has 0 radical (unpaired) electrons. The summed E-state index contributed by atoms with van der Waals surface area (Å²) >= 11 is 0. The molecule has 0 amide bonds. The Morgan fingerprint density at radius 1 is 1.16 bits per heavy atom. The molecule has 3 aromatic rings. The normalized spacial score (nSPS) is 29.1. The summed E-state index contributed by atoms with van der Waals surface area (Å²) in [5, 5.41) is 15.3. The third kappa shape index (κ3) is 4.09. The first kappa shape index (κ1) is 18.6. The summed E-state index contributed by atoms with van der Waals surface area (Å²) in [5.41, 5.74) is 0.133. The van der Waals surface area contributed by atoms with Crippen molar-refractivity contribution >= 4 is 28.7 Å². The summed E-state index contributed by atoms with van der Waals surface area (Å²) in [4.78, 5) is 13.1. The minimum atomic E-state index is -1.38. The molecule has 0 spiro atoms. The van der Waals surface area contributed by atoms with E-state index in [1.807, 2.05) is 0 Å². The van der Waals surface area contributed by atoms with Gasteiger partial charge in [0, 0.05) is 26.1 Å². The van der Waals surface area contributed by atoms with E-state index in [2.05, 4.69) is 25.6 Å². The molecular formula is C21H23F3N6O2. The number of hydrogen-bond donors (Lipinski definition) is 3. The van der Waals surface area contributed by atoms with Crippen molar-refractivity contribution in [2.24, 2.45) is 0 Å². The van der Waals surface area contributed by atoms with Crippen LogP contribution in [-0.4, -0.2) is 50.0 Å². The van der Waals surface area contributed by atoms with E-state index in [1.165, 1.54) is 6.20 Å². The Morgan fingerprint density at radius 3 is 2.69 bits per heavy atom. The number of rotatable bonds is 5. The van der Waals surface area contributed by atoms with Gasteiger partial charge in [0.05, 0.1) is 26.3 Å². The van der Waals surface area contributed by atoms with E-state index in [0.717, 1.165) is 0 Å². The van der Waals surface area contributed by atoms with E-state index in [4.69, 9.17) is 7.48 Å². The molecular weight excluding hydrogens is 425 g/mol. The number of aliphatic hydroxyl groups is 1. The molecule has 5 rings (SSSR count). The minimum Gasteiger partial charge on any atom is -0.393 e. The summed E-state index contributed by atoms with van der Waals surface area (Å²) in [6.07, 6.45) is 1.32. The van der Waals surface area contributed by atoms with Gasteiger partial charge in [-0.25, -0.2) is 23.1 Å². The first-order valence-corrected chi connectivity index (χ1v) is 10.4. The lowest BCUT2D eigenvalue weighted by atomic mass is 9.93. The fourth-order valence-corrected chi connectivity index (χ4v) is 3.96.